The van der Waals surface area contributed by atoms with E-state index in [4.69, 9.17) is 0 Å². The van der Waals surface area contributed by atoms with Crippen LogP contribution in [0.15, 0.2) is 79.0 Å². The highest BCUT2D eigenvalue weighted by molar-refractivity contribution is 5.88. The maximum atomic E-state index is 13.4. The number of amides is 2. The lowest BCUT2D eigenvalue weighted by molar-refractivity contribution is -0.143. The summed E-state index contributed by atoms with van der Waals surface area (Å²) in [7, 11) is 0. The summed E-state index contributed by atoms with van der Waals surface area (Å²) in [6.07, 6.45) is 2.04. The molecule has 2 amide bonds. The normalized spacial score (nSPS) is 11.8. The monoisotopic (exact) mass is 433 g/mol. The number of carbonyl (C=O) groups is 2. The minimum Gasteiger partial charge on any atom is -0.349 e. The third-order valence-corrected chi connectivity index (χ3v) is 5.16. The molecule has 1 heterocycles. The number of benzene rings is 2. The van der Waals surface area contributed by atoms with E-state index in [-0.39, 0.29) is 36.6 Å². The van der Waals surface area contributed by atoms with Crippen molar-refractivity contribution in [3.05, 3.63) is 102 Å². The summed E-state index contributed by atoms with van der Waals surface area (Å²) in [4.78, 5) is 32.4. The second-order valence-corrected chi connectivity index (χ2v) is 7.99. The molecule has 0 radical (unpaired) electrons. The third-order valence-electron chi connectivity index (χ3n) is 5.16. The zero-order chi connectivity index (χ0) is 22.9. The van der Waals surface area contributed by atoms with Crippen LogP contribution in [-0.2, 0) is 29.1 Å². The number of pyridine rings is 1. The van der Waals surface area contributed by atoms with Gasteiger partial charge in [-0.25, -0.2) is 4.39 Å². The van der Waals surface area contributed by atoms with Crippen molar-refractivity contribution in [1.82, 2.24) is 15.2 Å². The van der Waals surface area contributed by atoms with Crippen molar-refractivity contribution >= 4 is 11.8 Å². The van der Waals surface area contributed by atoms with Crippen LogP contribution in [0.25, 0.3) is 0 Å². The van der Waals surface area contributed by atoms with Crippen molar-refractivity contribution in [2.75, 3.05) is 0 Å². The van der Waals surface area contributed by atoms with Crippen LogP contribution in [-0.4, -0.2) is 27.7 Å². The van der Waals surface area contributed by atoms with Gasteiger partial charge in [-0.15, -0.1) is 0 Å². The summed E-state index contributed by atoms with van der Waals surface area (Å²) < 4.78 is 13.4. The molecule has 1 N–H and O–H groups in total. The van der Waals surface area contributed by atoms with E-state index in [1.54, 1.807) is 23.2 Å². The van der Waals surface area contributed by atoms with Crippen molar-refractivity contribution in [2.45, 2.75) is 39.4 Å². The minimum absolute atomic E-state index is 0.136. The molecular formula is C26H28FN3O2. The van der Waals surface area contributed by atoms with Gasteiger partial charge in [0, 0.05) is 25.1 Å². The standard InChI is InChI=1S/C26H28FN3O2/c1-19(2)26(32)30(18-21-11-13-22(27)14-12-21)24(16-20-8-4-3-5-9-20)25(31)29-17-23-10-6-7-15-28-23/h3-15,19,24H,16-18H2,1-2H3,(H,29,31). The Morgan fingerprint density at radius 2 is 1.62 bits per heavy atom. The van der Waals surface area contributed by atoms with Crippen LogP contribution in [0.2, 0.25) is 0 Å². The SMILES string of the molecule is CC(C)C(=O)N(Cc1ccc(F)cc1)C(Cc1ccccc1)C(=O)NCc1ccccn1. The maximum absolute atomic E-state index is 13.4. The summed E-state index contributed by atoms with van der Waals surface area (Å²) >= 11 is 0. The van der Waals surface area contributed by atoms with E-state index >= 15 is 0 Å². The van der Waals surface area contributed by atoms with Gasteiger partial charge in [-0.1, -0.05) is 62.4 Å². The van der Waals surface area contributed by atoms with Crippen molar-refractivity contribution in [1.29, 1.82) is 0 Å². The Labute approximate surface area is 188 Å². The fourth-order valence-electron chi connectivity index (χ4n) is 3.44. The molecule has 0 spiro atoms. The first-order chi connectivity index (χ1) is 15.4. The Bertz CT molecular complexity index is 1010. The molecule has 2 aromatic carbocycles. The molecule has 0 aliphatic carbocycles. The Morgan fingerprint density at radius 3 is 2.25 bits per heavy atom. The smallest absolute Gasteiger partial charge is 0.243 e. The van der Waals surface area contributed by atoms with Gasteiger partial charge in [0.25, 0.3) is 0 Å². The molecule has 5 nitrogen and oxygen atoms in total. The van der Waals surface area contributed by atoms with E-state index < -0.39 is 6.04 Å². The molecule has 6 heteroatoms. The summed E-state index contributed by atoms with van der Waals surface area (Å²) in [6.45, 7) is 4.10. The first-order valence-corrected chi connectivity index (χ1v) is 10.7. The van der Waals surface area contributed by atoms with Gasteiger partial charge >= 0.3 is 0 Å². The van der Waals surface area contributed by atoms with Gasteiger partial charge in [0.05, 0.1) is 12.2 Å². The average Bonchev–Trinajstić information content (AvgIpc) is 2.81. The average molecular weight is 434 g/mol. The predicted molar refractivity (Wildman–Crippen MR) is 122 cm³/mol. The molecule has 0 fully saturated rings. The summed E-state index contributed by atoms with van der Waals surface area (Å²) in [5.41, 5.74) is 2.45. The first-order valence-electron chi connectivity index (χ1n) is 10.7. The van der Waals surface area contributed by atoms with Crippen LogP contribution in [0.4, 0.5) is 4.39 Å². The van der Waals surface area contributed by atoms with Crippen LogP contribution >= 0.6 is 0 Å². The Morgan fingerprint density at radius 1 is 0.938 bits per heavy atom. The lowest BCUT2D eigenvalue weighted by atomic mass is 10.0. The molecule has 32 heavy (non-hydrogen) atoms. The topological polar surface area (TPSA) is 62.3 Å². The largest absolute Gasteiger partial charge is 0.349 e. The highest BCUT2D eigenvalue weighted by atomic mass is 19.1. The Balaban J connectivity index is 1.89. The Hall–Kier alpha value is -3.54. The highest BCUT2D eigenvalue weighted by Gasteiger charge is 2.31. The summed E-state index contributed by atoms with van der Waals surface area (Å²) in [6, 6.07) is 20.4. The number of hydrogen-bond donors (Lipinski definition) is 1. The van der Waals surface area contributed by atoms with E-state index in [1.165, 1.54) is 12.1 Å². The fraction of sp³-hybridized carbons (Fsp3) is 0.269. The van der Waals surface area contributed by atoms with Crippen molar-refractivity contribution in [3.8, 4) is 0 Å². The van der Waals surface area contributed by atoms with Crippen LogP contribution in [0.3, 0.4) is 0 Å². The van der Waals surface area contributed by atoms with Crippen molar-refractivity contribution in [2.24, 2.45) is 5.92 Å². The lowest BCUT2D eigenvalue weighted by Gasteiger charge is -2.32. The number of aromatic nitrogens is 1. The van der Waals surface area contributed by atoms with E-state index in [0.29, 0.717) is 6.42 Å². The molecule has 0 aliphatic heterocycles. The molecule has 1 unspecified atom stereocenters. The number of carbonyl (C=O) groups excluding carboxylic acids is 2. The quantitative estimate of drug-likeness (QED) is 0.552. The lowest BCUT2D eigenvalue weighted by Crippen LogP contribution is -2.51. The van der Waals surface area contributed by atoms with E-state index in [1.807, 2.05) is 62.4 Å². The van der Waals surface area contributed by atoms with Gasteiger partial charge in [-0.05, 0) is 35.4 Å². The second kappa shape index (κ2) is 11.2. The second-order valence-electron chi connectivity index (χ2n) is 7.99. The number of rotatable bonds is 9. The highest BCUT2D eigenvalue weighted by Crippen LogP contribution is 2.18. The van der Waals surface area contributed by atoms with E-state index in [0.717, 1.165) is 16.8 Å². The van der Waals surface area contributed by atoms with Gasteiger partial charge in [-0.3, -0.25) is 14.6 Å². The molecular weight excluding hydrogens is 405 g/mol. The minimum atomic E-state index is -0.721. The van der Waals surface area contributed by atoms with Crippen LogP contribution in [0.5, 0.6) is 0 Å². The van der Waals surface area contributed by atoms with E-state index in [2.05, 4.69) is 10.3 Å². The molecule has 1 aromatic heterocycles. The van der Waals surface area contributed by atoms with Crippen molar-refractivity contribution < 1.29 is 14.0 Å². The van der Waals surface area contributed by atoms with Crippen LogP contribution in [0, 0.1) is 11.7 Å². The molecule has 3 aromatic rings. The van der Waals surface area contributed by atoms with Crippen molar-refractivity contribution in [3.63, 3.8) is 0 Å². The van der Waals surface area contributed by atoms with Gasteiger partial charge in [0.2, 0.25) is 11.8 Å². The molecule has 0 aliphatic rings. The van der Waals surface area contributed by atoms with Gasteiger partial charge in [-0.2, -0.15) is 0 Å². The molecule has 0 bridgehead atoms. The molecule has 0 saturated heterocycles. The molecule has 166 valence electrons. The van der Waals surface area contributed by atoms with Crippen LogP contribution < -0.4 is 5.32 Å². The molecule has 0 saturated carbocycles. The van der Waals surface area contributed by atoms with Crippen LogP contribution in [0.1, 0.15) is 30.7 Å². The Kier molecular flexibility index (Phi) is 8.08. The van der Waals surface area contributed by atoms with Gasteiger partial charge in [0.1, 0.15) is 11.9 Å². The number of halogens is 1. The third kappa shape index (κ3) is 6.48. The molecule has 1 atom stereocenters. The number of hydrogen-bond acceptors (Lipinski definition) is 3. The van der Waals surface area contributed by atoms with Gasteiger partial charge < -0.3 is 10.2 Å². The zero-order valence-corrected chi connectivity index (χ0v) is 18.4. The number of nitrogens with zero attached hydrogens (tertiary/aromatic N) is 2. The van der Waals surface area contributed by atoms with E-state index in [9.17, 15) is 14.0 Å². The maximum Gasteiger partial charge on any atom is 0.243 e. The predicted octanol–water partition coefficient (Wildman–Crippen LogP) is 4.13. The summed E-state index contributed by atoms with van der Waals surface area (Å²) in [5, 5.41) is 2.93. The fourth-order valence-corrected chi connectivity index (χ4v) is 3.44. The first kappa shape index (κ1) is 23.1. The molecule has 3 rings (SSSR count). The van der Waals surface area contributed by atoms with Gasteiger partial charge in [0.15, 0.2) is 0 Å². The zero-order valence-electron chi connectivity index (χ0n) is 18.4. The summed E-state index contributed by atoms with van der Waals surface area (Å²) in [5.74, 6) is -1.03. The number of nitrogens with one attached hydrogen (secondary N) is 1.